The van der Waals surface area contributed by atoms with Crippen molar-refractivity contribution in [1.82, 2.24) is 19.2 Å². The van der Waals surface area contributed by atoms with E-state index in [-0.39, 0.29) is 24.5 Å². The highest BCUT2D eigenvalue weighted by atomic mass is 16.2. The van der Waals surface area contributed by atoms with Crippen molar-refractivity contribution in [2.75, 3.05) is 11.4 Å². The Kier molecular flexibility index (Phi) is 5.40. The summed E-state index contributed by atoms with van der Waals surface area (Å²) in [5.74, 6) is 0.158. The van der Waals surface area contributed by atoms with E-state index in [1.54, 1.807) is 4.90 Å². The summed E-state index contributed by atoms with van der Waals surface area (Å²) in [5, 5.41) is 4.38. The van der Waals surface area contributed by atoms with Crippen LogP contribution in [0.15, 0.2) is 33.9 Å². The number of hydrogen-bond acceptors (Lipinski definition) is 5. The molecule has 3 rings (SSSR count). The van der Waals surface area contributed by atoms with E-state index in [2.05, 4.69) is 5.10 Å². The largest absolute Gasteiger partial charge is 0.336 e. The Labute approximate surface area is 164 Å². The molecule has 0 radical (unpaired) electrons. The average Bonchev–Trinajstić information content (AvgIpc) is 3.03. The molecule has 1 amide bonds. The standard InChI is InChI=1S/C20H27N5O3/c1-13(2)25(14(3)4)17(26)12-24-19(28)18(27)23-11-10-22(20(23)21-24)16-8-6-15(5)7-9-16/h6-9,13-14H,10-12H2,1-5H3. The molecule has 8 nitrogen and oxygen atoms in total. The second-order valence-corrected chi connectivity index (χ2v) is 7.70. The van der Waals surface area contributed by atoms with Crippen LogP contribution in [0.5, 0.6) is 0 Å². The molecule has 2 heterocycles. The number of amides is 1. The minimum atomic E-state index is -0.768. The first kappa shape index (κ1) is 19.9. The quantitative estimate of drug-likeness (QED) is 0.729. The van der Waals surface area contributed by atoms with Crippen LogP contribution in [-0.4, -0.2) is 43.8 Å². The molecule has 0 saturated carbocycles. The molecule has 1 aliphatic rings. The Morgan fingerprint density at radius 2 is 1.64 bits per heavy atom. The van der Waals surface area contributed by atoms with Gasteiger partial charge in [-0.3, -0.25) is 19.0 Å². The molecule has 28 heavy (non-hydrogen) atoms. The average molecular weight is 385 g/mol. The lowest BCUT2D eigenvalue weighted by Gasteiger charge is -2.30. The number of aryl methyl sites for hydroxylation is 1. The highest BCUT2D eigenvalue weighted by Gasteiger charge is 2.27. The van der Waals surface area contributed by atoms with Crippen molar-refractivity contribution in [1.29, 1.82) is 0 Å². The summed E-state index contributed by atoms with van der Waals surface area (Å²) in [6.45, 7) is 10.4. The van der Waals surface area contributed by atoms with Crippen molar-refractivity contribution in [2.45, 2.75) is 59.8 Å². The van der Waals surface area contributed by atoms with Crippen molar-refractivity contribution >= 4 is 17.5 Å². The van der Waals surface area contributed by atoms with Crippen molar-refractivity contribution in [3.63, 3.8) is 0 Å². The third-order valence-electron chi connectivity index (χ3n) is 4.93. The first-order valence-electron chi connectivity index (χ1n) is 9.58. The number of carbonyl (C=O) groups excluding carboxylic acids is 1. The molecular formula is C20H27N5O3. The van der Waals surface area contributed by atoms with E-state index in [1.165, 1.54) is 4.57 Å². The Morgan fingerprint density at radius 3 is 2.21 bits per heavy atom. The maximum Gasteiger partial charge on any atom is 0.333 e. The minimum absolute atomic E-state index is 0.0113. The molecular weight excluding hydrogens is 358 g/mol. The molecule has 0 fully saturated rings. The summed E-state index contributed by atoms with van der Waals surface area (Å²) in [7, 11) is 0. The van der Waals surface area contributed by atoms with Crippen LogP contribution in [0.25, 0.3) is 0 Å². The fourth-order valence-corrected chi connectivity index (χ4v) is 3.68. The topological polar surface area (TPSA) is 80.4 Å². The van der Waals surface area contributed by atoms with Crippen molar-refractivity contribution < 1.29 is 4.79 Å². The van der Waals surface area contributed by atoms with Gasteiger partial charge in [0.1, 0.15) is 6.54 Å². The zero-order valence-corrected chi connectivity index (χ0v) is 17.0. The number of carbonyl (C=O) groups is 1. The molecule has 0 N–H and O–H groups in total. The number of benzene rings is 1. The van der Waals surface area contributed by atoms with E-state index < -0.39 is 11.1 Å². The number of fused-ring (bicyclic) bond motifs is 1. The van der Waals surface area contributed by atoms with Gasteiger partial charge in [0, 0.05) is 30.9 Å². The lowest BCUT2D eigenvalue weighted by Crippen LogP contribution is -2.48. The van der Waals surface area contributed by atoms with Gasteiger partial charge < -0.3 is 9.80 Å². The van der Waals surface area contributed by atoms with E-state index in [9.17, 15) is 14.4 Å². The zero-order chi connectivity index (χ0) is 20.6. The maximum atomic E-state index is 12.8. The Bertz CT molecular complexity index is 980. The smallest absolute Gasteiger partial charge is 0.333 e. The Morgan fingerprint density at radius 1 is 1.04 bits per heavy atom. The van der Waals surface area contributed by atoms with Crippen molar-refractivity contribution in [3.8, 4) is 0 Å². The minimum Gasteiger partial charge on any atom is -0.336 e. The fraction of sp³-hybridized carbons (Fsp3) is 0.500. The molecule has 0 spiro atoms. The van der Waals surface area contributed by atoms with Gasteiger partial charge >= 0.3 is 11.1 Å². The van der Waals surface area contributed by atoms with E-state index in [0.717, 1.165) is 15.9 Å². The number of nitrogens with zero attached hydrogens (tertiary/aromatic N) is 5. The Balaban J connectivity index is 1.99. The van der Waals surface area contributed by atoms with E-state index >= 15 is 0 Å². The van der Waals surface area contributed by atoms with Crippen LogP contribution in [-0.2, 0) is 17.9 Å². The Hall–Kier alpha value is -2.90. The van der Waals surface area contributed by atoms with E-state index in [4.69, 9.17) is 0 Å². The second kappa shape index (κ2) is 7.61. The van der Waals surface area contributed by atoms with Gasteiger partial charge in [0.05, 0.1) is 0 Å². The maximum absolute atomic E-state index is 12.8. The van der Waals surface area contributed by atoms with E-state index in [1.807, 2.05) is 63.8 Å². The van der Waals surface area contributed by atoms with Gasteiger partial charge in [0.25, 0.3) is 0 Å². The summed E-state index contributed by atoms with van der Waals surface area (Å²) < 4.78 is 2.38. The van der Waals surface area contributed by atoms with Crippen LogP contribution in [0.1, 0.15) is 33.3 Å². The summed E-state index contributed by atoms with van der Waals surface area (Å²) >= 11 is 0. The van der Waals surface area contributed by atoms with Crippen LogP contribution < -0.4 is 16.0 Å². The van der Waals surface area contributed by atoms with Crippen LogP contribution in [0.2, 0.25) is 0 Å². The molecule has 1 aliphatic heterocycles. The lowest BCUT2D eigenvalue weighted by atomic mass is 10.2. The number of aromatic nitrogens is 3. The fourth-order valence-electron chi connectivity index (χ4n) is 3.68. The lowest BCUT2D eigenvalue weighted by molar-refractivity contribution is -0.135. The van der Waals surface area contributed by atoms with Gasteiger partial charge in [-0.1, -0.05) is 17.7 Å². The molecule has 1 aromatic carbocycles. The normalized spacial score (nSPS) is 13.3. The predicted molar refractivity (Wildman–Crippen MR) is 108 cm³/mol. The molecule has 8 heteroatoms. The van der Waals surface area contributed by atoms with Crippen LogP contribution in [0.3, 0.4) is 0 Å². The van der Waals surface area contributed by atoms with Crippen molar-refractivity contribution in [2.24, 2.45) is 0 Å². The summed E-state index contributed by atoms with van der Waals surface area (Å²) in [4.78, 5) is 41.4. The molecule has 2 aromatic rings. The molecule has 0 bridgehead atoms. The molecule has 0 atom stereocenters. The summed E-state index contributed by atoms with van der Waals surface area (Å²) in [6, 6.07) is 7.86. The monoisotopic (exact) mass is 385 g/mol. The number of anilines is 2. The van der Waals surface area contributed by atoms with E-state index in [0.29, 0.717) is 19.0 Å². The predicted octanol–water partition coefficient (Wildman–Crippen LogP) is 1.51. The molecule has 0 aliphatic carbocycles. The van der Waals surface area contributed by atoms with Crippen LogP contribution in [0, 0.1) is 6.92 Å². The van der Waals surface area contributed by atoms with Gasteiger partial charge in [-0.25, -0.2) is 4.68 Å². The third-order valence-corrected chi connectivity index (χ3v) is 4.93. The highest BCUT2D eigenvalue weighted by Crippen LogP contribution is 2.26. The molecule has 1 aromatic heterocycles. The third kappa shape index (κ3) is 3.58. The summed E-state index contributed by atoms with van der Waals surface area (Å²) in [6.07, 6.45) is 0. The van der Waals surface area contributed by atoms with Crippen LogP contribution >= 0.6 is 0 Å². The first-order valence-corrected chi connectivity index (χ1v) is 9.58. The molecule has 150 valence electrons. The van der Waals surface area contributed by atoms with Gasteiger partial charge in [-0.05, 0) is 46.8 Å². The molecule has 0 unspecified atom stereocenters. The van der Waals surface area contributed by atoms with Crippen molar-refractivity contribution in [3.05, 3.63) is 50.5 Å². The summed E-state index contributed by atoms with van der Waals surface area (Å²) in [5.41, 5.74) is 0.612. The SMILES string of the molecule is Cc1ccc(N2CCn3c2nn(CC(=O)N(C(C)C)C(C)C)c(=O)c3=O)cc1. The second-order valence-electron chi connectivity index (χ2n) is 7.70. The molecule has 0 saturated heterocycles. The van der Waals surface area contributed by atoms with Gasteiger partial charge in [-0.15, -0.1) is 5.10 Å². The van der Waals surface area contributed by atoms with Gasteiger partial charge in [0.15, 0.2) is 0 Å². The zero-order valence-electron chi connectivity index (χ0n) is 17.0. The number of rotatable bonds is 5. The van der Waals surface area contributed by atoms with Gasteiger partial charge in [0.2, 0.25) is 11.9 Å². The van der Waals surface area contributed by atoms with Gasteiger partial charge in [-0.2, -0.15) is 0 Å². The first-order chi connectivity index (χ1) is 13.2. The van der Waals surface area contributed by atoms with Crippen LogP contribution in [0.4, 0.5) is 11.6 Å². The highest BCUT2D eigenvalue weighted by molar-refractivity contribution is 5.76. The number of hydrogen-bond donors (Lipinski definition) is 0.